The molecule has 4 N–H and O–H groups in total. The van der Waals surface area contributed by atoms with Gasteiger partial charge in [0.1, 0.15) is 0 Å². The SMILES string of the molecule is CC1CCCC2CC(C(=O)NC3CCN(C(=O)CCCN)C3)NC12. The Morgan fingerprint density at radius 2 is 2.12 bits per heavy atom. The average molecular weight is 336 g/mol. The standard InChI is InChI=1S/C18H32N4O2/c1-12-4-2-5-13-10-15(21-17(12)13)18(24)20-14-7-9-22(11-14)16(23)6-3-8-19/h12-15,17,21H,2-11,19H2,1H3,(H,20,24). The highest BCUT2D eigenvalue weighted by atomic mass is 16.2. The van der Waals surface area contributed by atoms with Crippen molar-refractivity contribution in [2.45, 2.75) is 70.0 Å². The molecule has 6 heteroatoms. The molecule has 2 amide bonds. The first-order valence-corrected chi connectivity index (χ1v) is 9.62. The molecule has 0 aromatic heterocycles. The van der Waals surface area contributed by atoms with Gasteiger partial charge in [-0.2, -0.15) is 0 Å². The van der Waals surface area contributed by atoms with Gasteiger partial charge < -0.3 is 21.3 Å². The lowest BCUT2D eigenvalue weighted by Gasteiger charge is -2.31. The topological polar surface area (TPSA) is 87.5 Å². The smallest absolute Gasteiger partial charge is 0.237 e. The summed E-state index contributed by atoms with van der Waals surface area (Å²) in [4.78, 5) is 26.5. The summed E-state index contributed by atoms with van der Waals surface area (Å²) in [7, 11) is 0. The Balaban J connectivity index is 1.45. The molecule has 0 spiro atoms. The molecular formula is C18H32N4O2. The van der Waals surface area contributed by atoms with Gasteiger partial charge in [0.25, 0.3) is 0 Å². The highest BCUT2D eigenvalue weighted by Gasteiger charge is 2.42. The Kier molecular flexibility index (Phi) is 5.76. The fraction of sp³-hybridized carbons (Fsp3) is 0.889. The maximum Gasteiger partial charge on any atom is 0.237 e. The largest absolute Gasteiger partial charge is 0.350 e. The van der Waals surface area contributed by atoms with Gasteiger partial charge in [0, 0.05) is 31.6 Å². The quantitative estimate of drug-likeness (QED) is 0.686. The summed E-state index contributed by atoms with van der Waals surface area (Å²) in [5.74, 6) is 1.61. The fourth-order valence-corrected chi connectivity index (χ4v) is 4.69. The molecule has 3 fully saturated rings. The number of hydrogen-bond donors (Lipinski definition) is 3. The zero-order chi connectivity index (χ0) is 17.1. The maximum atomic E-state index is 12.6. The van der Waals surface area contributed by atoms with Gasteiger partial charge in [0.05, 0.1) is 6.04 Å². The van der Waals surface area contributed by atoms with Crippen molar-refractivity contribution in [1.29, 1.82) is 0 Å². The van der Waals surface area contributed by atoms with Gasteiger partial charge in [-0.25, -0.2) is 0 Å². The second-order valence-electron chi connectivity index (χ2n) is 7.88. The molecule has 3 rings (SSSR count). The third-order valence-electron chi connectivity index (χ3n) is 6.09. The van der Waals surface area contributed by atoms with E-state index in [2.05, 4.69) is 17.6 Å². The van der Waals surface area contributed by atoms with Gasteiger partial charge in [-0.1, -0.05) is 13.3 Å². The summed E-state index contributed by atoms with van der Waals surface area (Å²) in [6, 6.07) is 0.552. The summed E-state index contributed by atoms with van der Waals surface area (Å²) < 4.78 is 0. The Hall–Kier alpha value is -1.14. The van der Waals surface area contributed by atoms with Crippen LogP contribution in [0.3, 0.4) is 0 Å². The van der Waals surface area contributed by atoms with Crippen molar-refractivity contribution in [3.05, 3.63) is 0 Å². The minimum atomic E-state index is -0.0532. The van der Waals surface area contributed by atoms with Crippen LogP contribution in [0.25, 0.3) is 0 Å². The lowest BCUT2D eigenvalue weighted by Crippen LogP contribution is -2.48. The lowest BCUT2D eigenvalue weighted by atomic mass is 9.78. The first-order valence-electron chi connectivity index (χ1n) is 9.62. The van der Waals surface area contributed by atoms with Crippen molar-refractivity contribution in [3.63, 3.8) is 0 Å². The molecule has 5 atom stereocenters. The van der Waals surface area contributed by atoms with E-state index in [4.69, 9.17) is 5.73 Å². The van der Waals surface area contributed by atoms with Crippen LogP contribution in [0.5, 0.6) is 0 Å². The van der Waals surface area contributed by atoms with E-state index in [-0.39, 0.29) is 23.9 Å². The highest BCUT2D eigenvalue weighted by Crippen LogP contribution is 2.36. The monoisotopic (exact) mass is 336 g/mol. The van der Waals surface area contributed by atoms with Gasteiger partial charge >= 0.3 is 0 Å². The van der Waals surface area contributed by atoms with Crippen molar-refractivity contribution >= 4 is 11.8 Å². The van der Waals surface area contributed by atoms with Crippen LogP contribution in [0.4, 0.5) is 0 Å². The van der Waals surface area contributed by atoms with Crippen LogP contribution in [0.15, 0.2) is 0 Å². The van der Waals surface area contributed by atoms with E-state index >= 15 is 0 Å². The molecule has 0 aromatic carbocycles. The number of nitrogens with two attached hydrogens (primary N) is 1. The molecule has 3 aliphatic rings. The van der Waals surface area contributed by atoms with Crippen molar-refractivity contribution in [2.75, 3.05) is 19.6 Å². The molecule has 2 aliphatic heterocycles. The Labute approximate surface area is 144 Å². The number of fused-ring (bicyclic) bond motifs is 1. The van der Waals surface area contributed by atoms with E-state index < -0.39 is 0 Å². The normalized spacial score (nSPS) is 35.8. The van der Waals surface area contributed by atoms with Gasteiger partial charge in [0.2, 0.25) is 11.8 Å². The fourth-order valence-electron chi connectivity index (χ4n) is 4.69. The molecule has 2 heterocycles. The number of carbonyl (C=O) groups is 2. The summed E-state index contributed by atoms with van der Waals surface area (Å²) in [6.45, 7) is 4.24. The van der Waals surface area contributed by atoms with Gasteiger partial charge in [-0.3, -0.25) is 9.59 Å². The second kappa shape index (κ2) is 7.83. The molecule has 0 bridgehead atoms. The van der Waals surface area contributed by atoms with E-state index in [1.54, 1.807) is 0 Å². The predicted octanol–water partition coefficient (Wildman–Crippen LogP) is 0.609. The van der Waals surface area contributed by atoms with Gasteiger partial charge in [-0.05, 0) is 50.5 Å². The molecule has 0 radical (unpaired) electrons. The van der Waals surface area contributed by atoms with Crippen LogP contribution in [0.1, 0.15) is 51.9 Å². The molecule has 1 saturated carbocycles. The van der Waals surface area contributed by atoms with Gasteiger partial charge in [0.15, 0.2) is 0 Å². The number of rotatable bonds is 5. The summed E-state index contributed by atoms with van der Waals surface area (Å²) in [5.41, 5.74) is 5.46. The maximum absolute atomic E-state index is 12.6. The Bertz CT molecular complexity index is 470. The van der Waals surface area contributed by atoms with Crippen molar-refractivity contribution in [1.82, 2.24) is 15.5 Å². The number of hydrogen-bond acceptors (Lipinski definition) is 4. The molecule has 24 heavy (non-hydrogen) atoms. The average Bonchev–Trinajstić information content (AvgIpc) is 3.20. The number of nitrogens with zero attached hydrogens (tertiary/aromatic N) is 1. The zero-order valence-electron chi connectivity index (χ0n) is 14.8. The van der Waals surface area contributed by atoms with E-state index in [1.807, 2.05) is 4.90 Å². The van der Waals surface area contributed by atoms with E-state index in [1.165, 1.54) is 19.3 Å². The molecule has 2 saturated heterocycles. The number of carbonyl (C=O) groups excluding carboxylic acids is 2. The molecule has 6 nitrogen and oxygen atoms in total. The molecule has 5 unspecified atom stereocenters. The van der Waals surface area contributed by atoms with Crippen LogP contribution in [0.2, 0.25) is 0 Å². The predicted molar refractivity (Wildman–Crippen MR) is 93.2 cm³/mol. The minimum absolute atomic E-state index is 0.0532. The number of likely N-dealkylation sites (tertiary alicyclic amines) is 1. The number of amides is 2. The molecular weight excluding hydrogens is 304 g/mol. The van der Waals surface area contributed by atoms with Crippen LogP contribution in [-0.2, 0) is 9.59 Å². The van der Waals surface area contributed by atoms with Crippen molar-refractivity contribution in [2.24, 2.45) is 17.6 Å². The minimum Gasteiger partial charge on any atom is -0.350 e. The van der Waals surface area contributed by atoms with Crippen molar-refractivity contribution in [3.8, 4) is 0 Å². The number of nitrogens with one attached hydrogen (secondary N) is 2. The van der Waals surface area contributed by atoms with Gasteiger partial charge in [-0.15, -0.1) is 0 Å². The van der Waals surface area contributed by atoms with Crippen LogP contribution in [0, 0.1) is 11.8 Å². The Morgan fingerprint density at radius 3 is 2.88 bits per heavy atom. The van der Waals surface area contributed by atoms with Crippen LogP contribution < -0.4 is 16.4 Å². The molecule has 136 valence electrons. The van der Waals surface area contributed by atoms with Crippen molar-refractivity contribution < 1.29 is 9.59 Å². The van der Waals surface area contributed by atoms with Crippen LogP contribution >= 0.6 is 0 Å². The van der Waals surface area contributed by atoms with Crippen LogP contribution in [-0.4, -0.2) is 54.5 Å². The lowest BCUT2D eigenvalue weighted by molar-refractivity contribution is -0.130. The first-order chi connectivity index (χ1) is 11.6. The molecule has 0 aromatic rings. The third kappa shape index (κ3) is 3.91. The first kappa shape index (κ1) is 17.7. The van der Waals surface area contributed by atoms with E-state index in [0.29, 0.717) is 37.4 Å². The Morgan fingerprint density at radius 1 is 1.29 bits per heavy atom. The third-order valence-corrected chi connectivity index (χ3v) is 6.09. The summed E-state index contributed by atoms with van der Waals surface area (Å²) in [5, 5.41) is 6.74. The second-order valence-corrected chi connectivity index (χ2v) is 7.88. The zero-order valence-corrected chi connectivity index (χ0v) is 14.8. The summed E-state index contributed by atoms with van der Waals surface area (Å²) >= 11 is 0. The highest BCUT2D eigenvalue weighted by molar-refractivity contribution is 5.83. The molecule has 1 aliphatic carbocycles. The van der Waals surface area contributed by atoms with E-state index in [0.717, 1.165) is 25.8 Å². The summed E-state index contributed by atoms with van der Waals surface area (Å²) in [6.07, 6.45) is 6.88. The van der Waals surface area contributed by atoms with E-state index in [9.17, 15) is 9.59 Å².